The Labute approximate surface area is 608 Å². The molecule has 14 unspecified atom stereocenters. The quantitative estimate of drug-likeness (QED) is 0.0262. The minimum Gasteiger partial charge on any atom is -0.497 e. The summed E-state index contributed by atoms with van der Waals surface area (Å²) in [5, 5.41) is -0.165. The van der Waals surface area contributed by atoms with E-state index in [0.29, 0.717) is 76.6 Å². The second-order valence-corrected chi connectivity index (χ2v) is 44.1. The van der Waals surface area contributed by atoms with E-state index in [0.717, 1.165) is 48.7 Å². The number of fused-ring (bicyclic) bond motifs is 2. The molecule has 12 aliphatic heterocycles. The summed E-state index contributed by atoms with van der Waals surface area (Å²) in [5.74, 6) is -3.32. The zero-order chi connectivity index (χ0) is 73.2. The highest BCUT2D eigenvalue weighted by molar-refractivity contribution is 6.74. The number of ether oxygens (including phenoxy) is 15. The van der Waals surface area contributed by atoms with E-state index in [-0.39, 0.29) is 107 Å². The Hall–Kier alpha value is -3.61. The van der Waals surface area contributed by atoms with Crippen LogP contribution >= 0.6 is 0 Å². The van der Waals surface area contributed by atoms with Gasteiger partial charge in [-0.05, 0) is 148 Å². The lowest BCUT2D eigenvalue weighted by Gasteiger charge is -2.53. The molecule has 102 heavy (non-hydrogen) atoms. The molecule has 12 aliphatic rings. The van der Waals surface area contributed by atoms with E-state index in [1.807, 2.05) is 30.3 Å². The number of rotatable bonds is 27. The molecule has 1 spiro atoms. The van der Waals surface area contributed by atoms with E-state index in [1.165, 1.54) is 7.11 Å². The SMILES string of the molecule is C=C1C(CC2O[C@H]3CC(O[Si](C)(C)C(C)(C)C)C(CC(=O)/C=C/CC[C@@H](C=O)C[C@H](C)C4O[C@H](CC(=O)OC)CCC4O[Si](C)(C)C(C)(C)C)O[C@H]3[C@H](C)C2OC(=O)CC2CC[C@H]3OC4C5O[C@@]6(CCC7CC(=C)[C@H](CC)O7)OC([C@H]4O[C@@]54OC(c5ccc(OC)cc5)OC64)[C@H]3O2)OCC[C@H]1C. The van der Waals surface area contributed by atoms with Gasteiger partial charge < -0.3 is 84.7 Å². The summed E-state index contributed by atoms with van der Waals surface area (Å²) in [4.78, 5) is 54.5. The lowest BCUT2D eigenvalue weighted by atomic mass is 9.79. The van der Waals surface area contributed by atoms with Gasteiger partial charge in [-0.15, -0.1) is 0 Å². The van der Waals surface area contributed by atoms with Crippen LogP contribution in [0, 0.1) is 23.7 Å². The number of methoxy groups -OCH3 is 2. The molecule has 27 atom stereocenters. The molecule has 23 heteroatoms. The number of hydrogen-bond donors (Lipinski definition) is 0. The van der Waals surface area contributed by atoms with Crippen LogP contribution in [-0.4, -0.2) is 195 Å². The molecule has 6 bridgehead atoms. The van der Waals surface area contributed by atoms with Crippen LogP contribution in [0.5, 0.6) is 5.75 Å². The third-order valence-corrected chi connectivity index (χ3v) is 34.5. The van der Waals surface area contributed by atoms with Crippen LogP contribution in [0.3, 0.4) is 0 Å². The second-order valence-electron chi connectivity index (χ2n) is 34.6. The summed E-state index contributed by atoms with van der Waals surface area (Å²) in [6.45, 7) is 40.0. The number of esters is 2. The first-order valence-corrected chi connectivity index (χ1v) is 44.3. The molecule has 12 saturated heterocycles. The molecular formula is C79H120O21Si2. The summed E-state index contributed by atoms with van der Waals surface area (Å²) in [6, 6.07) is 7.61. The molecule has 0 aromatic heterocycles. The van der Waals surface area contributed by atoms with E-state index in [9.17, 15) is 19.2 Å². The Bertz CT molecular complexity index is 3160. The fourth-order valence-corrected chi connectivity index (χ4v) is 20.2. The van der Waals surface area contributed by atoms with E-state index in [1.54, 1.807) is 13.2 Å². The highest BCUT2D eigenvalue weighted by Crippen LogP contribution is 2.64. The second kappa shape index (κ2) is 31.2. The highest BCUT2D eigenvalue weighted by atomic mass is 28.4. The molecule has 0 aliphatic carbocycles. The van der Waals surface area contributed by atoms with Crippen molar-refractivity contribution < 1.29 is 99.1 Å². The first kappa shape index (κ1) is 78.0. The van der Waals surface area contributed by atoms with Crippen LogP contribution in [0.4, 0.5) is 0 Å². The summed E-state index contributed by atoms with van der Waals surface area (Å²) in [6.07, 6.45) is 2.87. The Morgan fingerprint density at radius 1 is 0.716 bits per heavy atom. The van der Waals surface area contributed by atoms with Gasteiger partial charge in [-0.25, -0.2) is 0 Å². The molecular weight excluding hydrogens is 1340 g/mol. The van der Waals surface area contributed by atoms with Crippen molar-refractivity contribution in [1.82, 2.24) is 0 Å². The molecule has 12 heterocycles. The lowest BCUT2D eigenvalue weighted by Crippen LogP contribution is -2.63. The number of carbonyl (C=O) groups excluding carboxylic acids is 4. The van der Waals surface area contributed by atoms with Crippen LogP contribution in [0.15, 0.2) is 60.7 Å². The summed E-state index contributed by atoms with van der Waals surface area (Å²) < 4.78 is 115. The minimum atomic E-state index is -2.46. The Balaban J connectivity index is 0.726. The van der Waals surface area contributed by atoms with Gasteiger partial charge in [0.2, 0.25) is 11.6 Å². The van der Waals surface area contributed by atoms with Crippen LogP contribution in [0.2, 0.25) is 36.3 Å². The van der Waals surface area contributed by atoms with Gasteiger partial charge in [-0.3, -0.25) is 14.4 Å². The first-order valence-electron chi connectivity index (χ1n) is 38.4. The van der Waals surface area contributed by atoms with Crippen LogP contribution < -0.4 is 4.74 Å². The monoisotopic (exact) mass is 1460 g/mol. The van der Waals surface area contributed by atoms with Crippen molar-refractivity contribution in [3.8, 4) is 5.75 Å². The van der Waals surface area contributed by atoms with Crippen LogP contribution in [-0.2, 0) is 94.3 Å². The molecule has 21 nitrogen and oxygen atoms in total. The summed E-state index contributed by atoms with van der Waals surface area (Å²) >= 11 is 0. The van der Waals surface area contributed by atoms with Gasteiger partial charge in [0.1, 0.15) is 48.7 Å². The van der Waals surface area contributed by atoms with Gasteiger partial charge in [0.15, 0.2) is 34.8 Å². The first-order chi connectivity index (χ1) is 48.3. The molecule has 12 fully saturated rings. The normalized spacial score (nSPS) is 40.3. The predicted octanol–water partition coefficient (Wildman–Crippen LogP) is 13.2. The molecule has 0 amide bonds. The molecule has 0 radical (unpaired) electrons. The third-order valence-electron chi connectivity index (χ3n) is 25.5. The number of ketones is 1. The third kappa shape index (κ3) is 16.1. The zero-order valence-corrected chi connectivity index (χ0v) is 65.7. The van der Waals surface area contributed by atoms with Crippen molar-refractivity contribution >= 4 is 40.6 Å². The minimum absolute atomic E-state index is 0.00957. The Morgan fingerprint density at radius 3 is 2.10 bits per heavy atom. The van der Waals surface area contributed by atoms with E-state index in [4.69, 9.17) is 79.9 Å². The average molecular weight is 1460 g/mol. The van der Waals surface area contributed by atoms with Gasteiger partial charge in [0, 0.05) is 49.7 Å². The molecule has 0 N–H and O–H groups in total. The topological polar surface area (TPSA) is 225 Å². The van der Waals surface area contributed by atoms with E-state index < -0.39 is 120 Å². The lowest BCUT2D eigenvalue weighted by molar-refractivity contribution is -0.329. The van der Waals surface area contributed by atoms with Crippen molar-refractivity contribution in [2.75, 3.05) is 20.8 Å². The fraction of sp³-hybridized carbons (Fsp3) is 0.797. The van der Waals surface area contributed by atoms with Crippen molar-refractivity contribution in [3.63, 3.8) is 0 Å². The largest absolute Gasteiger partial charge is 0.497 e. The number of allylic oxidation sites excluding steroid dienone is 2. The summed E-state index contributed by atoms with van der Waals surface area (Å²) in [7, 11) is -1.63. The molecule has 0 saturated carbocycles. The standard InChI is InChI=1S/C79H120O21Si2/c1-19-56-45(3)37-55(87-56)32-34-78-75-79(98-74(94-75)50-24-26-52(84-13)27-25-50)73(97-78)72-71(96-79)70(95-78)69-57(91-72)30-28-54(89-69)40-65(83)93-68-48(6)67-63(90-62(68)41-59-47(5)44(2)33-35-86-59)42-61(100-102(17,18)77(10,11)12)60(92-67)38-51(81)23-21-20-22-49(43-80)36-46(4)66-58(99-101(15,16)76(7,8)9)31-29-53(88-66)39-64(82)85-14/h21,23-27,43-44,46,48-49,53-63,66-75H,3,5,19-20,22,28-42H2,1-2,4,6-18H3/b23-21+/t44-,46+,48+,49-,53+,54?,55?,56+,57-,58?,59?,60?,61?,62?,63+,66?,67+,68?,69+,70?,71-,72?,73?,74?,75?,78-,79-/m1/s1. The fourth-order valence-electron chi connectivity index (χ4n) is 17.5. The maximum atomic E-state index is 14.9. The van der Waals surface area contributed by atoms with Crippen molar-refractivity contribution in [1.29, 1.82) is 0 Å². The van der Waals surface area contributed by atoms with E-state index in [2.05, 4.69) is 109 Å². The highest BCUT2D eigenvalue weighted by Gasteiger charge is 2.83. The Morgan fingerprint density at radius 2 is 1.41 bits per heavy atom. The maximum Gasteiger partial charge on any atom is 0.308 e. The molecule has 570 valence electrons. The zero-order valence-electron chi connectivity index (χ0n) is 63.7. The number of aldehydes is 1. The molecule has 1 aromatic carbocycles. The van der Waals surface area contributed by atoms with Gasteiger partial charge in [-0.1, -0.05) is 101 Å². The maximum absolute atomic E-state index is 14.9. The average Bonchev–Trinajstić information content (AvgIpc) is 1.49. The smallest absolute Gasteiger partial charge is 0.308 e. The van der Waals surface area contributed by atoms with Crippen molar-refractivity contribution in [3.05, 3.63) is 66.3 Å². The number of carbonyl (C=O) groups is 4. The Kier molecular flexibility index (Phi) is 23.8. The molecule has 13 rings (SSSR count). The van der Waals surface area contributed by atoms with Crippen LogP contribution in [0.1, 0.15) is 190 Å². The molecule has 1 aromatic rings. The number of hydrogen-bond acceptors (Lipinski definition) is 21. The van der Waals surface area contributed by atoms with E-state index >= 15 is 0 Å². The van der Waals surface area contributed by atoms with Crippen LogP contribution in [0.25, 0.3) is 0 Å². The van der Waals surface area contributed by atoms with Crippen molar-refractivity contribution in [2.45, 2.75) is 355 Å². The van der Waals surface area contributed by atoms with Crippen molar-refractivity contribution in [2.24, 2.45) is 23.7 Å². The summed E-state index contributed by atoms with van der Waals surface area (Å²) in [5.41, 5.74) is 2.87. The van der Waals surface area contributed by atoms with Gasteiger partial charge in [0.05, 0.1) is 106 Å². The van der Waals surface area contributed by atoms with Gasteiger partial charge in [0.25, 0.3) is 0 Å². The van der Waals surface area contributed by atoms with Gasteiger partial charge in [-0.2, -0.15) is 0 Å². The predicted molar refractivity (Wildman–Crippen MR) is 383 cm³/mol. The van der Waals surface area contributed by atoms with Gasteiger partial charge >= 0.3 is 11.9 Å². The number of benzene rings is 1.